The van der Waals surface area contributed by atoms with Crippen LogP contribution in [0.15, 0.2) is 18.2 Å². The van der Waals surface area contributed by atoms with Crippen LogP contribution in [0.3, 0.4) is 0 Å². The van der Waals surface area contributed by atoms with Crippen LogP contribution in [0.25, 0.3) is 0 Å². The van der Waals surface area contributed by atoms with Crippen LogP contribution in [-0.4, -0.2) is 10.9 Å². The van der Waals surface area contributed by atoms with Gasteiger partial charge in [-0.3, -0.25) is 0 Å². The molecule has 1 N–H and O–H groups in total. The van der Waals surface area contributed by atoms with E-state index in [2.05, 4.69) is 13.8 Å². The third-order valence-electron chi connectivity index (χ3n) is 3.23. The van der Waals surface area contributed by atoms with Crippen LogP contribution in [0.2, 0.25) is 0 Å². The van der Waals surface area contributed by atoms with Gasteiger partial charge in [-0.05, 0) is 42.4 Å². The number of phenols is 1. The molecule has 0 atom stereocenters. The normalized spacial score (nSPS) is 10.8. The molecule has 0 fully saturated rings. The Kier molecular flexibility index (Phi) is 7.99. The third kappa shape index (κ3) is 6.34. The second kappa shape index (κ2) is 9.32. The van der Waals surface area contributed by atoms with E-state index in [-0.39, 0.29) is 0 Å². The quantitative estimate of drug-likeness (QED) is 0.612. The SMILES string of the molecule is CCCCCCCCSCc1ccc(O)cc1C. The van der Waals surface area contributed by atoms with Crippen LogP contribution >= 0.6 is 11.8 Å². The summed E-state index contributed by atoms with van der Waals surface area (Å²) in [5.41, 5.74) is 2.55. The van der Waals surface area contributed by atoms with Crippen molar-refractivity contribution in [2.24, 2.45) is 0 Å². The van der Waals surface area contributed by atoms with E-state index >= 15 is 0 Å². The summed E-state index contributed by atoms with van der Waals surface area (Å²) in [5, 5.41) is 9.34. The van der Waals surface area contributed by atoms with Crippen molar-refractivity contribution in [3.63, 3.8) is 0 Å². The van der Waals surface area contributed by atoms with Gasteiger partial charge in [0.2, 0.25) is 0 Å². The molecule has 1 aromatic carbocycles. The minimum Gasteiger partial charge on any atom is -0.508 e. The highest BCUT2D eigenvalue weighted by atomic mass is 32.2. The number of unbranched alkanes of at least 4 members (excludes halogenated alkanes) is 5. The van der Waals surface area contributed by atoms with Crippen LogP contribution in [0.5, 0.6) is 5.75 Å². The Morgan fingerprint density at radius 1 is 1.06 bits per heavy atom. The van der Waals surface area contributed by atoms with Crippen molar-refractivity contribution in [3.8, 4) is 5.75 Å². The topological polar surface area (TPSA) is 20.2 Å². The molecule has 0 unspecified atom stereocenters. The van der Waals surface area contributed by atoms with Crippen molar-refractivity contribution < 1.29 is 5.11 Å². The lowest BCUT2D eigenvalue weighted by molar-refractivity contribution is 0.474. The van der Waals surface area contributed by atoms with Crippen LogP contribution in [0.4, 0.5) is 0 Å². The van der Waals surface area contributed by atoms with Gasteiger partial charge in [-0.1, -0.05) is 45.1 Å². The summed E-state index contributed by atoms with van der Waals surface area (Å²) in [6.07, 6.45) is 8.23. The number of hydrogen-bond donors (Lipinski definition) is 1. The fourth-order valence-corrected chi connectivity index (χ4v) is 3.10. The largest absolute Gasteiger partial charge is 0.508 e. The van der Waals surface area contributed by atoms with E-state index in [1.807, 2.05) is 23.9 Å². The van der Waals surface area contributed by atoms with Gasteiger partial charge in [0.05, 0.1) is 0 Å². The molecule has 1 nitrogen and oxygen atoms in total. The molecule has 1 rings (SSSR count). The fourth-order valence-electron chi connectivity index (χ4n) is 2.01. The van der Waals surface area contributed by atoms with Crippen molar-refractivity contribution in [2.45, 2.75) is 58.1 Å². The van der Waals surface area contributed by atoms with Gasteiger partial charge in [0.15, 0.2) is 0 Å². The van der Waals surface area contributed by atoms with Crippen LogP contribution < -0.4 is 0 Å². The van der Waals surface area contributed by atoms with Crippen molar-refractivity contribution in [1.82, 2.24) is 0 Å². The number of rotatable bonds is 9. The lowest BCUT2D eigenvalue weighted by Crippen LogP contribution is -1.88. The van der Waals surface area contributed by atoms with Crippen molar-refractivity contribution >= 4 is 11.8 Å². The highest BCUT2D eigenvalue weighted by Crippen LogP contribution is 2.21. The maximum atomic E-state index is 9.34. The minimum absolute atomic E-state index is 0.372. The number of aromatic hydroxyl groups is 1. The molecular weight excluding hydrogens is 240 g/mol. The Morgan fingerprint density at radius 3 is 2.50 bits per heavy atom. The van der Waals surface area contributed by atoms with E-state index in [9.17, 15) is 5.11 Å². The number of aryl methyl sites for hydroxylation is 1. The Labute approximate surface area is 116 Å². The highest BCUT2D eigenvalue weighted by molar-refractivity contribution is 7.98. The molecule has 0 aliphatic carbocycles. The molecule has 2 heteroatoms. The zero-order valence-corrected chi connectivity index (χ0v) is 12.6. The molecule has 102 valence electrons. The number of hydrogen-bond acceptors (Lipinski definition) is 2. The molecule has 0 radical (unpaired) electrons. The summed E-state index contributed by atoms with van der Waals surface area (Å²) in [4.78, 5) is 0. The number of thioether (sulfide) groups is 1. The van der Waals surface area contributed by atoms with Crippen LogP contribution in [-0.2, 0) is 5.75 Å². The van der Waals surface area contributed by atoms with Gasteiger partial charge in [-0.2, -0.15) is 11.8 Å². The molecule has 0 spiro atoms. The molecule has 1 aromatic rings. The lowest BCUT2D eigenvalue weighted by Gasteiger charge is -2.06. The molecule has 0 saturated heterocycles. The molecule has 0 amide bonds. The molecule has 0 saturated carbocycles. The van der Waals surface area contributed by atoms with E-state index in [0.29, 0.717) is 5.75 Å². The molecule has 0 aromatic heterocycles. The van der Waals surface area contributed by atoms with Gasteiger partial charge < -0.3 is 5.11 Å². The maximum absolute atomic E-state index is 9.34. The summed E-state index contributed by atoms with van der Waals surface area (Å²) in [6.45, 7) is 4.33. The predicted octanol–water partition coefficient (Wildman–Crippen LogP) is 5.29. The second-order valence-corrected chi connectivity index (χ2v) is 6.04. The van der Waals surface area contributed by atoms with Crippen LogP contribution in [0.1, 0.15) is 56.6 Å². The predicted molar refractivity (Wildman–Crippen MR) is 82.4 cm³/mol. The Hall–Kier alpha value is -0.630. The molecular formula is C16H26OS. The summed E-state index contributed by atoms with van der Waals surface area (Å²) in [5.74, 6) is 2.70. The first kappa shape index (κ1) is 15.4. The third-order valence-corrected chi connectivity index (χ3v) is 4.32. The molecule has 0 aliphatic heterocycles. The van der Waals surface area contributed by atoms with Gasteiger partial charge in [-0.25, -0.2) is 0 Å². The smallest absolute Gasteiger partial charge is 0.115 e. The van der Waals surface area contributed by atoms with Crippen molar-refractivity contribution in [1.29, 1.82) is 0 Å². The summed E-state index contributed by atoms with van der Waals surface area (Å²) >= 11 is 2.01. The average Bonchev–Trinajstić information content (AvgIpc) is 2.35. The van der Waals surface area contributed by atoms with Gasteiger partial charge in [0.25, 0.3) is 0 Å². The number of phenolic OH excluding ortho intramolecular Hbond substituents is 1. The Bertz CT molecular complexity index is 336. The standard InChI is InChI=1S/C16H26OS/c1-3-4-5-6-7-8-11-18-13-15-9-10-16(17)12-14(15)2/h9-10,12,17H,3-8,11,13H2,1-2H3. The second-order valence-electron chi connectivity index (χ2n) is 4.93. The van der Waals surface area contributed by atoms with Crippen LogP contribution in [0, 0.1) is 6.92 Å². The fraction of sp³-hybridized carbons (Fsp3) is 0.625. The number of benzene rings is 1. The monoisotopic (exact) mass is 266 g/mol. The van der Waals surface area contributed by atoms with E-state index in [0.717, 1.165) is 5.75 Å². The molecule has 0 bridgehead atoms. The molecule has 0 heterocycles. The minimum atomic E-state index is 0.372. The van der Waals surface area contributed by atoms with E-state index in [1.54, 1.807) is 6.07 Å². The van der Waals surface area contributed by atoms with Gasteiger partial charge in [0.1, 0.15) is 5.75 Å². The summed E-state index contributed by atoms with van der Waals surface area (Å²) < 4.78 is 0. The zero-order valence-electron chi connectivity index (χ0n) is 11.7. The van der Waals surface area contributed by atoms with Gasteiger partial charge in [-0.15, -0.1) is 0 Å². The first-order valence-corrected chi connectivity index (χ1v) is 8.25. The van der Waals surface area contributed by atoms with E-state index < -0.39 is 0 Å². The maximum Gasteiger partial charge on any atom is 0.115 e. The Balaban J connectivity index is 2.07. The van der Waals surface area contributed by atoms with Gasteiger partial charge >= 0.3 is 0 Å². The zero-order chi connectivity index (χ0) is 13.2. The average molecular weight is 266 g/mol. The summed E-state index contributed by atoms with van der Waals surface area (Å²) in [6, 6.07) is 5.67. The van der Waals surface area contributed by atoms with E-state index in [1.165, 1.54) is 55.4 Å². The molecule has 18 heavy (non-hydrogen) atoms. The van der Waals surface area contributed by atoms with Crippen molar-refractivity contribution in [2.75, 3.05) is 5.75 Å². The first-order valence-electron chi connectivity index (χ1n) is 7.10. The Morgan fingerprint density at radius 2 is 1.78 bits per heavy atom. The highest BCUT2D eigenvalue weighted by Gasteiger charge is 1.99. The summed E-state index contributed by atoms with van der Waals surface area (Å²) in [7, 11) is 0. The van der Waals surface area contributed by atoms with Gasteiger partial charge in [0, 0.05) is 5.75 Å². The molecule has 0 aliphatic rings. The lowest BCUT2D eigenvalue weighted by atomic mass is 10.1. The first-order chi connectivity index (χ1) is 8.74. The van der Waals surface area contributed by atoms with E-state index in [4.69, 9.17) is 0 Å². The van der Waals surface area contributed by atoms with Crippen molar-refractivity contribution in [3.05, 3.63) is 29.3 Å².